The molecule has 0 aromatic carbocycles. The van der Waals surface area contributed by atoms with E-state index >= 15 is 0 Å². The highest BCUT2D eigenvalue weighted by molar-refractivity contribution is 5.74. The number of likely N-dealkylation sites (tertiary alicyclic amines) is 1. The first-order valence-corrected chi connectivity index (χ1v) is 6.80. The molecule has 106 valence electrons. The van der Waals surface area contributed by atoms with Crippen LogP contribution < -0.4 is 0 Å². The van der Waals surface area contributed by atoms with Gasteiger partial charge in [0.1, 0.15) is 0 Å². The van der Waals surface area contributed by atoms with Crippen molar-refractivity contribution in [1.82, 2.24) is 15.1 Å². The van der Waals surface area contributed by atoms with Crippen LogP contribution in [0, 0.1) is 12.3 Å². The zero-order chi connectivity index (χ0) is 13.9. The fourth-order valence-corrected chi connectivity index (χ4v) is 2.78. The lowest BCUT2D eigenvalue weighted by Gasteiger charge is -2.38. The minimum absolute atomic E-state index is 0.532. The van der Waals surface area contributed by atoms with E-state index in [-0.39, 0.29) is 0 Å². The summed E-state index contributed by atoms with van der Waals surface area (Å²) in [6.45, 7) is 5.96. The minimum Gasteiger partial charge on any atom is -0.481 e. The summed E-state index contributed by atoms with van der Waals surface area (Å²) in [6, 6.07) is 0. The molecule has 6 nitrogen and oxygen atoms in total. The second kappa shape index (κ2) is 5.69. The Bertz CT molecular complexity index is 436. The van der Waals surface area contributed by atoms with Crippen LogP contribution in [0.1, 0.15) is 44.4 Å². The first-order chi connectivity index (χ1) is 9.05. The Morgan fingerprint density at radius 2 is 2.11 bits per heavy atom. The summed E-state index contributed by atoms with van der Waals surface area (Å²) >= 11 is 0. The van der Waals surface area contributed by atoms with E-state index in [1.165, 1.54) is 0 Å². The number of hydrogen-bond acceptors (Lipinski definition) is 5. The topological polar surface area (TPSA) is 79.5 Å². The van der Waals surface area contributed by atoms with E-state index in [4.69, 9.17) is 4.42 Å². The molecule has 0 aliphatic carbocycles. The zero-order valence-corrected chi connectivity index (χ0v) is 11.6. The van der Waals surface area contributed by atoms with Crippen molar-refractivity contribution in [2.24, 2.45) is 5.41 Å². The summed E-state index contributed by atoms with van der Waals surface area (Å²) in [5.41, 5.74) is -0.532. The van der Waals surface area contributed by atoms with Crippen LogP contribution in [0.5, 0.6) is 0 Å². The summed E-state index contributed by atoms with van der Waals surface area (Å²) in [6.07, 6.45) is 3.07. The molecule has 0 atom stereocenters. The van der Waals surface area contributed by atoms with Crippen molar-refractivity contribution in [2.45, 2.75) is 46.1 Å². The van der Waals surface area contributed by atoms with Gasteiger partial charge >= 0.3 is 5.97 Å². The first-order valence-electron chi connectivity index (χ1n) is 6.80. The normalized spacial score (nSPS) is 19.5. The minimum atomic E-state index is -0.650. The maximum Gasteiger partial charge on any atom is 0.309 e. The van der Waals surface area contributed by atoms with Crippen LogP contribution in [0.3, 0.4) is 0 Å². The number of carboxylic acids is 1. The fraction of sp³-hybridized carbons (Fsp3) is 0.769. The highest BCUT2D eigenvalue weighted by Crippen LogP contribution is 2.36. The van der Waals surface area contributed by atoms with Gasteiger partial charge in [-0.25, -0.2) is 0 Å². The number of carboxylic acid groups (broad SMARTS) is 1. The molecule has 0 unspecified atom stereocenters. The molecule has 2 rings (SSSR count). The molecule has 1 aromatic heterocycles. The van der Waals surface area contributed by atoms with Crippen molar-refractivity contribution >= 4 is 5.97 Å². The molecule has 0 saturated carbocycles. The molecule has 0 amide bonds. The molecule has 0 spiro atoms. The van der Waals surface area contributed by atoms with Crippen LogP contribution in [0.4, 0.5) is 0 Å². The molecule has 1 aliphatic rings. The summed E-state index contributed by atoms with van der Waals surface area (Å²) in [7, 11) is 0. The van der Waals surface area contributed by atoms with Gasteiger partial charge in [-0.15, -0.1) is 10.2 Å². The number of hydrogen-bond donors (Lipinski definition) is 1. The second-order valence-electron chi connectivity index (χ2n) is 5.33. The van der Waals surface area contributed by atoms with Crippen LogP contribution in [-0.4, -0.2) is 39.3 Å². The largest absolute Gasteiger partial charge is 0.481 e. The number of piperidine rings is 1. The van der Waals surface area contributed by atoms with Crippen molar-refractivity contribution in [3.05, 3.63) is 11.8 Å². The van der Waals surface area contributed by atoms with Gasteiger partial charge in [-0.05, 0) is 32.4 Å². The molecule has 2 heterocycles. The average Bonchev–Trinajstić information content (AvgIpc) is 2.77. The first kappa shape index (κ1) is 14.0. The lowest BCUT2D eigenvalue weighted by Crippen LogP contribution is -2.44. The van der Waals surface area contributed by atoms with Gasteiger partial charge in [0.15, 0.2) is 0 Å². The molecule has 1 N–H and O–H groups in total. The van der Waals surface area contributed by atoms with Gasteiger partial charge in [0.2, 0.25) is 11.8 Å². The van der Waals surface area contributed by atoms with Gasteiger partial charge in [-0.3, -0.25) is 9.69 Å². The Kier molecular flexibility index (Phi) is 4.19. The summed E-state index contributed by atoms with van der Waals surface area (Å²) in [5, 5.41) is 17.2. The molecule has 19 heavy (non-hydrogen) atoms. The number of nitrogens with zero attached hydrogens (tertiary/aromatic N) is 3. The maximum atomic E-state index is 11.5. The van der Waals surface area contributed by atoms with Gasteiger partial charge < -0.3 is 9.52 Å². The molecular formula is C13H21N3O3. The monoisotopic (exact) mass is 267 g/mol. The fourth-order valence-electron chi connectivity index (χ4n) is 2.78. The molecule has 0 bridgehead atoms. The van der Waals surface area contributed by atoms with Crippen molar-refractivity contribution in [3.63, 3.8) is 0 Å². The third kappa shape index (κ3) is 3.12. The number of aryl methyl sites for hydroxylation is 1. The molecule has 1 saturated heterocycles. The van der Waals surface area contributed by atoms with Crippen LogP contribution in [-0.2, 0) is 11.3 Å². The molecule has 1 fully saturated rings. The summed E-state index contributed by atoms with van der Waals surface area (Å²) in [5.74, 6) is 0.524. The Balaban J connectivity index is 1.92. The Morgan fingerprint density at radius 1 is 1.42 bits per heavy atom. The van der Waals surface area contributed by atoms with Crippen molar-refractivity contribution < 1.29 is 14.3 Å². The second-order valence-corrected chi connectivity index (χ2v) is 5.33. The van der Waals surface area contributed by atoms with Gasteiger partial charge in [0.25, 0.3) is 0 Å². The van der Waals surface area contributed by atoms with Crippen LogP contribution in [0.15, 0.2) is 4.42 Å². The van der Waals surface area contributed by atoms with Gasteiger partial charge in [0, 0.05) is 6.92 Å². The van der Waals surface area contributed by atoms with Crippen LogP contribution in [0.2, 0.25) is 0 Å². The highest BCUT2D eigenvalue weighted by Gasteiger charge is 2.40. The number of rotatable bonds is 5. The van der Waals surface area contributed by atoms with E-state index in [0.717, 1.165) is 25.9 Å². The summed E-state index contributed by atoms with van der Waals surface area (Å²) < 4.78 is 5.35. The SMILES string of the molecule is CCCC1(C(=O)O)CCN(Cc2nnc(C)o2)CC1. The van der Waals surface area contributed by atoms with Crippen molar-refractivity contribution in [1.29, 1.82) is 0 Å². The van der Waals surface area contributed by atoms with Gasteiger partial charge in [-0.2, -0.15) is 0 Å². The zero-order valence-electron chi connectivity index (χ0n) is 11.6. The smallest absolute Gasteiger partial charge is 0.309 e. The lowest BCUT2D eigenvalue weighted by atomic mass is 9.75. The molecule has 6 heteroatoms. The van der Waals surface area contributed by atoms with E-state index in [2.05, 4.69) is 15.1 Å². The van der Waals surface area contributed by atoms with E-state index < -0.39 is 11.4 Å². The van der Waals surface area contributed by atoms with Crippen molar-refractivity contribution in [3.8, 4) is 0 Å². The molecule has 1 aromatic rings. The third-order valence-electron chi connectivity index (χ3n) is 3.92. The predicted octanol–water partition coefficient (Wildman–Crippen LogP) is 1.84. The third-order valence-corrected chi connectivity index (χ3v) is 3.92. The summed E-state index contributed by atoms with van der Waals surface area (Å²) in [4.78, 5) is 13.7. The Hall–Kier alpha value is -1.43. The predicted molar refractivity (Wildman–Crippen MR) is 68.5 cm³/mol. The number of aromatic nitrogens is 2. The van der Waals surface area contributed by atoms with Crippen molar-refractivity contribution in [2.75, 3.05) is 13.1 Å². The van der Waals surface area contributed by atoms with Crippen LogP contribution >= 0.6 is 0 Å². The highest BCUT2D eigenvalue weighted by atomic mass is 16.4. The van der Waals surface area contributed by atoms with Gasteiger partial charge in [0.05, 0.1) is 12.0 Å². The number of carbonyl (C=O) groups is 1. The Labute approximate surface area is 112 Å². The van der Waals surface area contributed by atoms with E-state index in [1.807, 2.05) is 6.92 Å². The quantitative estimate of drug-likeness (QED) is 0.877. The molecule has 0 radical (unpaired) electrons. The Morgan fingerprint density at radius 3 is 2.58 bits per heavy atom. The molecular weight excluding hydrogens is 246 g/mol. The molecule has 1 aliphatic heterocycles. The lowest BCUT2D eigenvalue weighted by molar-refractivity contribution is -0.152. The number of aliphatic carboxylic acids is 1. The standard InChI is InChI=1S/C13H21N3O3/c1-3-4-13(12(17)18)5-7-16(8-6-13)9-11-15-14-10(2)19-11/h3-9H2,1-2H3,(H,17,18). The van der Waals surface area contributed by atoms with Crippen LogP contribution in [0.25, 0.3) is 0 Å². The average molecular weight is 267 g/mol. The van der Waals surface area contributed by atoms with E-state index in [0.29, 0.717) is 31.2 Å². The van der Waals surface area contributed by atoms with E-state index in [9.17, 15) is 9.90 Å². The van der Waals surface area contributed by atoms with E-state index in [1.54, 1.807) is 6.92 Å². The van der Waals surface area contributed by atoms with Gasteiger partial charge in [-0.1, -0.05) is 13.3 Å². The maximum absolute atomic E-state index is 11.5.